The molecular formula is C22H19N7OS. The van der Waals surface area contributed by atoms with E-state index < -0.39 is 0 Å². The van der Waals surface area contributed by atoms with E-state index in [4.69, 9.17) is 4.74 Å². The van der Waals surface area contributed by atoms with Gasteiger partial charge in [-0.1, -0.05) is 11.8 Å². The number of anilines is 2. The van der Waals surface area contributed by atoms with Crippen molar-refractivity contribution < 1.29 is 4.74 Å². The zero-order valence-corrected chi connectivity index (χ0v) is 18.0. The van der Waals surface area contributed by atoms with Crippen LogP contribution in [0.25, 0.3) is 22.1 Å². The molecule has 154 valence electrons. The van der Waals surface area contributed by atoms with Crippen molar-refractivity contribution in [2.45, 2.75) is 12.1 Å². The number of nitrogens with one attached hydrogen (secondary N) is 1. The molecule has 0 bridgehead atoms. The summed E-state index contributed by atoms with van der Waals surface area (Å²) in [5.41, 5.74) is 5.21. The van der Waals surface area contributed by atoms with Crippen LogP contribution in [0.5, 0.6) is 11.5 Å². The number of aromatic nitrogens is 6. The minimum atomic E-state index is 0.636. The average molecular weight is 430 g/mol. The van der Waals surface area contributed by atoms with Crippen LogP contribution in [0, 0.1) is 6.92 Å². The lowest BCUT2D eigenvalue weighted by Crippen LogP contribution is -1.99. The van der Waals surface area contributed by atoms with E-state index in [0.717, 1.165) is 33.8 Å². The molecule has 1 N–H and O–H groups in total. The SMILES string of the molecule is CSc1ncc2ncnc(Nc3ccc(Oc4ccc5c(c4)ncn5C)c(C)c3)c2n1. The summed E-state index contributed by atoms with van der Waals surface area (Å²) in [6.45, 7) is 2.01. The van der Waals surface area contributed by atoms with Gasteiger partial charge in [-0.2, -0.15) is 0 Å². The Kier molecular flexibility index (Phi) is 4.87. The molecule has 5 rings (SSSR count). The first-order valence-corrected chi connectivity index (χ1v) is 10.8. The largest absolute Gasteiger partial charge is 0.457 e. The van der Waals surface area contributed by atoms with Gasteiger partial charge < -0.3 is 14.6 Å². The second kappa shape index (κ2) is 7.84. The quantitative estimate of drug-likeness (QED) is 0.312. The molecule has 0 atom stereocenters. The van der Waals surface area contributed by atoms with Gasteiger partial charge >= 0.3 is 0 Å². The van der Waals surface area contributed by atoms with Gasteiger partial charge in [0.2, 0.25) is 0 Å². The molecule has 5 aromatic rings. The molecule has 31 heavy (non-hydrogen) atoms. The Hall–Kier alpha value is -3.72. The highest BCUT2D eigenvalue weighted by molar-refractivity contribution is 7.98. The van der Waals surface area contributed by atoms with Gasteiger partial charge in [-0.15, -0.1) is 0 Å². The Balaban J connectivity index is 1.41. The molecule has 0 fully saturated rings. The molecule has 0 amide bonds. The van der Waals surface area contributed by atoms with Crippen molar-refractivity contribution in [3.63, 3.8) is 0 Å². The van der Waals surface area contributed by atoms with E-state index in [1.54, 1.807) is 12.5 Å². The van der Waals surface area contributed by atoms with Gasteiger partial charge in [0.15, 0.2) is 11.0 Å². The minimum Gasteiger partial charge on any atom is -0.457 e. The highest BCUT2D eigenvalue weighted by Gasteiger charge is 2.10. The summed E-state index contributed by atoms with van der Waals surface area (Å²) >= 11 is 1.48. The Bertz CT molecular complexity index is 1420. The molecule has 3 heterocycles. The number of ether oxygens (including phenoxy) is 1. The van der Waals surface area contributed by atoms with Gasteiger partial charge in [-0.25, -0.2) is 24.9 Å². The Labute approximate surface area is 182 Å². The van der Waals surface area contributed by atoms with Crippen molar-refractivity contribution in [1.29, 1.82) is 0 Å². The topological polar surface area (TPSA) is 90.6 Å². The van der Waals surface area contributed by atoms with E-state index in [0.29, 0.717) is 22.0 Å². The normalized spacial score (nSPS) is 11.2. The molecule has 8 nitrogen and oxygen atoms in total. The standard InChI is InChI=1S/C22H19N7OS/c1-13-8-14(27-21-20-17(24-11-25-21)10-23-22(28-20)31-3)4-7-19(13)30-15-5-6-18-16(9-15)26-12-29(18)2/h4-12H,1-3H3,(H,24,25,27). The number of rotatable bonds is 5. The van der Waals surface area contributed by atoms with Crippen molar-refractivity contribution in [2.75, 3.05) is 11.6 Å². The fraction of sp³-hybridized carbons (Fsp3) is 0.136. The number of nitrogens with zero attached hydrogens (tertiary/aromatic N) is 6. The molecule has 0 radical (unpaired) electrons. The van der Waals surface area contributed by atoms with Gasteiger partial charge in [-0.05, 0) is 49.1 Å². The molecule has 0 spiro atoms. The van der Waals surface area contributed by atoms with E-state index in [2.05, 4.69) is 30.2 Å². The van der Waals surface area contributed by atoms with Gasteiger partial charge in [0.05, 0.1) is 23.6 Å². The Morgan fingerprint density at radius 2 is 1.90 bits per heavy atom. The first-order chi connectivity index (χ1) is 15.1. The molecule has 0 unspecified atom stereocenters. The maximum Gasteiger partial charge on any atom is 0.188 e. The maximum absolute atomic E-state index is 6.11. The molecule has 2 aromatic carbocycles. The summed E-state index contributed by atoms with van der Waals surface area (Å²) in [7, 11) is 1.97. The molecule has 9 heteroatoms. The molecule has 3 aromatic heterocycles. The fourth-order valence-corrected chi connectivity index (χ4v) is 3.65. The van der Waals surface area contributed by atoms with E-state index >= 15 is 0 Å². The van der Waals surface area contributed by atoms with Crippen LogP contribution in [0.1, 0.15) is 5.56 Å². The zero-order chi connectivity index (χ0) is 21.4. The van der Waals surface area contributed by atoms with Crippen LogP contribution in [0.4, 0.5) is 11.5 Å². The molecule has 0 saturated heterocycles. The van der Waals surface area contributed by atoms with Crippen LogP contribution in [0.3, 0.4) is 0 Å². The number of imidazole rings is 1. The van der Waals surface area contributed by atoms with Crippen molar-refractivity contribution in [2.24, 2.45) is 7.05 Å². The number of fused-ring (bicyclic) bond motifs is 2. The number of hydrogen-bond acceptors (Lipinski definition) is 8. The summed E-state index contributed by atoms with van der Waals surface area (Å²) in [5.74, 6) is 2.16. The summed E-state index contributed by atoms with van der Waals surface area (Å²) in [5, 5.41) is 4.01. The van der Waals surface area contributed by atoms with Crippen molar-refractivity contribution in [3.8, 4) is 11.5 Å². The average Bonchev–Trinajstić information content (AvgIpc) is 3.15. The number of aryl methyl sites for hydroxylation is 2. The third kappa shape index (κ3) is 3.75. The van der Waals surface area contributed by atoms with Gasteiger partial charge in [0, 0.05) is 18.8 Å². The van der Waals surface area contributed by atoms with Crippen LogP contribution in [-0.2, 0) is 7.05 Å². The lowest BCUT2D eigenvalue weighted by atomic mass is 10.2. The molecule has 0 aliphatic heterocycles. The summed E-state index contributed by atoms with van der Waals surface area (Å²) in [4.78, 5) is 21.8. The predicted molar refractivity (Wildman–Crippen MR) is 122 cm³/mol. The third-order valence-corrected chi connectivity index (χ3v) is 5.46. The van der Waals surface area contributed by atoms with Crippen LogP contribution >= 0.6 is 11.8 Å². The van der Waals surface area contributed by atoms with Gasteiger partial charge in [0.25, 0.3) is 0 Å². The fourth-order valence-electron chi connectivity index (χ4n) is 3.31. The van der Waals surface area contributed by atoms with Gasteiger partial charge in [0.1, 0.15) is 28.9 Å². The predicted octanol–water partition coefficient (Wildman–Crippen LogP) is 4.87. The van der Waals surface area contributed by atoms with Gasteiger partial charge in [-0.3, -0.25) is 0 Å². The van der Waals surface area contributed by atoms with E-state index in [-0.39, 0.29) is 0 Å². The summed E-state index contributed by atoms with van der Waals surface area (Å²) in [6.07, 6.45) is 6.95. The lowest BCUT2D eigenvalue weighted by Gasteiger charge is -2.12. The third-order valence-electron chi connectivity index (χ3n) is 4.90. The summed E-state index contributed by atoms with van der Waals surface area (Å²) in [6, 6.07) is 11.8. The van der Waals surface area contributed by atoms with Crippen LogP contribution in [0.2, 0.25) is 0 Å². The van der Waals surface area contributed by atoms with Crippen LogP contribution in [-0.4, -0.2) is 35.7 Å². The van der Waals surface area contributed by atoms with E-state index in [1.165, 1.54) is 18.1 Å². The Morgan fingerprint density at radius 1 is 1.00 bits per heavy atom. The lowest BCUT2D eigenvalue weighted by molar-refractivity contribution is 0.479. The smallest absolute Gasteiger partial charge is 0.188 e. The summed E-state index contributed by atoms with van der Waals surface area (Å²) < 4.78 is 8.09. The molecular weight excluding hydrogens is 410 g/mol. The van der Waals surface area contributed by atoms with E-state index in [1.807, 2.05) is 61.2 Å². The first kappa shape index (κ1) is 19.3. The zero-order valence-electron chi connectivity index (χ0n) is 17.2. The second-order valence-corrected chi connectivity index (χ2v) is 7.80. The van der Waals surface area contributed by atoms with E-state index in [9.17, 15) is 0 Å². The van der Waals surface area contributed by atoms with Crippen LogP contribution < -0.4 is 10.1 Å². The Morgan fingerprint density at radius 3 is 2.74 bits per heavy atom. The highest BCUT2D eigenvalue weighted by atomic mass is 32.2. The first-order valence-electron chi connectivity index (χ1n) is 9.59. The second-order valence-electron chi connectivity index (χ2n) is 7.03. The van der Waals surface area contributed by atoms with Crippen molar-refractivity contribution in [1.82, 2.24) is 29.5 Å². The van der Waals surface area contributed by atoms with Crippen LogP contribution in [0.15, 0.2) is 60.4 Å². The maximum atomic E-state index is 6.11. The minimum absolute atomic E-state index is 0.636. The highest BCUT2D eigenvalue weighted by Crippen LogP contribution is 2.30. The molecule has 0 aliphatic carbocycles. The number of thioether (sulfide) groups is 1. The number of benzene rings is 2. The number of hydrogen-bond donors (Lipinski definition) is 1. The van der Waals surface area contributed by atoms with Crippen molar-refractivity contribution >= 4 is 45.3 Å². The molecule has 0 aliphatic rings. The monoisotopic (exact) mass is 429 g/mol. The van der Waals surface area contributed by atoms with Crippen molar-refractivity contribution in [3.05, 3.63) is 60.8 Å². The molecule has 0 saturated carbocycles.